The fourth-order valence-corrected chi connectivity index (χ4v) is 2.52. The van der Waals surface area contributed by atoms with Crippen molar-refractivity contribution in [3.8, 4) is 0 Å². The zero-order valence-corrected chi connectivity index (χ0v) is 10.6. The van der Waals surface area contributed by atoms with Crippen LogP contribution in [0.4, 0.5) is 0 Å². The van der Waals surface area contributed by atoms with Crippen LogP contribution < -0.4 is 5.73 Å². The highest BCUT2D eigenvalue weighted by molar-refractivity contribution is 5.81. The second-order valence-electron chi connectivity index (χ2n) is 5.05. The van der Waals surface area contributed by atoms with E-state index < -0.39 is 0 Å². The summed E-state index contributed by atoms with van der Waals surface area (Å²) in [5.74, 6) is 0.0711. The maximum Gasteiger partial charge on any atom is 0.239 e. The Morgan fingerprint density at radius 3 is 2.65 bits per heavy atom. The number of nitrogens with zero attached hydrogens (tertiary/aromatic N) is 2. The fourth-order valence-electron chi connectivity index (χ4n) is 2.52. The van der Waals surface area contributed by atoms with Crippen LogP contribution in [0.2, 0.25) is 0 Å². The van der Waals surface area contributed by atoms with E-state index in [2.05, 4.69) is 4.90 Å². The third-order valence-electron chi connectivity index (χ3n) is 3.56. The summed E-state index contributed by atoms with van der Waals surface area (Å²) >= 11 is 0. The first-order valence-electron chi connectivity index (χ1n) is 6.55. The van der Waals surface area contributed by atoms with Crippen molar-refractivity contribution in [1.82, 2.24) is 9.80 Å². The summed E-state index contributed by atoms with van der Waals surface area (Å²) in [6.45, 7) is 7.16. The average molecular weight is 241 g/mol. The average Bonchev–Trinajstić information content (AvgIpc) is 2.82. The Balaban J connectivity index is 1.72. The molecule has 2 aliphatic rings. The van der Waals surface area contributed by atoms with Crippen molar-refractivity contribution in [2.24, 2.45) is 5.73 Å². The van der Waals surface area contributed by atoms with Crippen molar-refractivity contribution < 1.29 is 9.53 Å². The summed E-state index contributed by atoms with van der Waals surface area (Å²) in [5, 5.41) is 0. The minimum absolute atomic E-state index is 0.0711. The van der Waals surface area contributed by atoms with Gasteiger partial charge in [-0.3, -0.25) is 9.69 Å². The van der Waals surface area contributed by atoms with Gasteiger partial charge in [0, 0.05) is 39.3 Å². The lowest BCUT2D eigenvalue weighted by Crippen LogP contribution is -2.53. The first-order valence-corrected chi connectivity index (χ1v) is 6.55. The standard InChI is InChI=1S/C12H23N3O2/c1-10(13)12(16)15-6-4-14(5-7-15)9-11-3-2-8-17-11/h10-11H,2-9,13H2,1H3/t10-,11-/m0/s1. The summed E-state index contributed by atoms with van der Waals surface area (Å²) in [7, 11) is 0. The molecule has 2 aliphatic heterocycles. The molecule has 17 heavy (non-hydrogen) atoms. The Hall–Kier alpha value is -0.650. The highest BCUT2D eigenvalue weighted by Gasteiger charge is 2.25. The Bertz CT molecular complexity index is 256. The molecule has 2 fully saturated rings. The van der Waals surface area contributed by atoms with E-state index in [1.54, 1.807) is 6.92 Å². The number of hydrogen-bond donors (Lipinski definition) is 1. The van der Waals surface area contributed by atoms with Gasteiger partial charge in [0.25, 0.3) is 0 Å². The number of carbonyl (C=O) groups excluding carboxylic acids is 1. The first kappa shape index (κ1) is 12.8. The summed E-state index contributed by atoms with van der Waals surface area (Å²) < 4.78 is 5.63. The number of piperazine rings is 1. The maximum atomic E-state index is 11.7. The topological polar surface area (TPSA) is 58.8 Å². The van der Waals surface area contributed by atoms with Crippen LogP contribution in [0.1, 0.15) is 19.8 Å². The summed E-state index contributed by atoms with van der Waals surface area (Å²) in [5.41, 5.74) is 5.61. The number of amides is 1. The number of nitrogens with two attached hydrogens (primary N) is 1. The van der Waals surface area contributed by atoms with Crippen LogP contribution in [0, 0.1) is 0 Å². The quantitative estimate of drug-likeness (QED) is 0.734. The Morgan fingerprint density at radius 2 is 2.12 bits per heavy atom. The van der Waals surface area contributed by atoms with E-state index in [4.69, 9.17) is 10.5 Å². The van der Waals surface area contributed by atoms with Gasteiger partial charge >= 0.3 is 0 Å². The third-order valence-corrected chi connectivity index (χ3v) is 3.56. The molecule has 1 amide bonds. The molecule has 0 aromatic rings. The molecule has 2 heterocycles. The second kappa shape index (κ2) is 5.80. The van der Waals surface area contributed by atoms with Crippen molar-refractivity contribution in [1.29, 1.82) is 0 Å². The molecular formula is C12H23N3O2. The van der Waals surface area contributed by atoms with E-state index in [1.807, 2.05) is 4.90 Å². The van der Waals surface area contributed by atoms with E-state index in [-0.39, 0.29) is 11.9 Å². The number of rotatable bonds is 3. The van der Waals surface area contributed by atoms with E-state index in [0.717, 1.165) is 39.3 Å². The molecule has 5 heteroatoms. The highest BCUT2D eigenvalue weighted by Crippen LogP contribution is 2.14. The van der Waals surface area contributed by atoms with Gasteiger partial charge in [0.05, 0.1) is 12.1 Å². The Kier molecular flexibility index (Phi) is 4.36. The van der Waals surface area contributed by atoms with E-state index in [0.29, 0.717) is 6.10 Å². The largest absolute Gasteiger partial charge is 0.377 e. The van der Waals surface area contributed by atoms with Crippen molar-refractivity contribution in [2.75, 3.05) is 39.3 Å². The van der Waals surface area contributed by atoms with Crippen molar-refractivity contribution in [3.05, 3.63) is 0 Å². The van der Waals surface area contributed by atoms with E-state index in [1.165, 1.54) is 12.8 Å². The van der Waals surface area contributed by atoms with Crippen LogP contribution in [-0.2, 0) is 9.53 Å². The molecule has 2 rings (SSSR count). The van der Waals surface area contributed by atoms with Crippen LogP contribution in [0.15, 0.2) is 0 Å². The van der Waals surface area contributed by atoms with Crippen LogP contribution in [0.5, 0.6) is 0 Å². The number of ether oxygens (including phenoxy) is 1. The van der Waals surface area contributed by atoms with Gasteiger partial charge in [-0.25, -0.2) is 0 Å². The lowest BCUT2D eigenvalue weighted by molar-refractivity contribution is -0.134. The minimum atomic E-state index is -0.375. The molecule has 0 aromatic carbocycles. The number of carbonyl (C=O) groups is 1. The normalized spacial score (nSPS) is 28.4. The van der Waals surface area contributed by atoms with Crippen LogP contribution >= 0.6 is 0 Å². The zero-order valence-electron chi connectivity index (χ0n) is 10.6. The van der Waals surface area contributed by atoms with Crippen LogP contribution in [0.3, 0.4) is 0 Å². The van der Waals surface area contributed by atoms with Crippen LogP contribution in [-0.4, -0.2) is 67.2 Å². The molecule has 2 saturated heterocycles. The predicted molar refractivity (Wildman–Crippen MR) is 65.6 cm³/mol. The maximum absolute atomic E-state index is 11.7. The van der Waals surface area contributed by atoms with Gasteiger partial charge in [0.2, 0.25) is 5.91 Å². The molecule has 2 atom stereocenters. The van der Waals surface area contributed by atoms with E-state index >= 15 is 0 Å². The summed E-state index contributed by atoms with van der Waals surface area (Å²) in [4.78, 5) is 16.0. The van der Waals surface area contributed by atoms with E-state index in [9.17, 15) is 4.79 Å². The summed E-state index contributed by atoms with van der Waals surface area (Å²) in [6.07, 6.45) is 2.78. The lowest BCUT2D eigenvalue weighted by atomic mass is 10.2. The molecule has 5 nitrogen and oxygen atoms in total. The van der Waals surface area contributed by atoms with Crippen molar-refractivity contribution in [2.45, 2.75) is 31.9 Å². The third kappa shape index (κ3) is 3.40. The van der Waals surface area contributed by atoms with Gasteiger partial charge in [-0.15, -0.1) is 0 Å². The smallest absolute Gasteiger partial charge is 0.239 e. The van der Waals surface area contributed by atoms with Gasteiger partial charge in [0.15, 0.2) is 0 Å². The molecule has 0 spiro atoms. The van der Waals surface area contributed by atoms with Gasteiger partial charge < -0.3 is 15.4 Å². The van der Waals surface area contributed by atoms with Gasteiger partial charge in [-0.05, 0) is 19.8 Å². The minimum Gasteiger partial charge on any atom is -0.377 e. The molecule has 98 valence electrons. The van der Waals surface area contributed by atoms with Gasteiger partial charge in [-0.1, -0.05) is 0 Å². The fraction of sp³-hybridized carbons (Fsp3) is 0.917. The van der Waals surface area contributed by atoms with Gasteiger partial charge in [0.1, 0.15) is 0 Å². The molecule has 0 aliphatic carbocycles. The van der Waals surface area contributed by atoms with Crippen molar-refractivity contribution >= 4 is 5.91 Å². The lowest BCUT2D eigenvalue weighted by Gasteiger charge is -2.36. The highest BCUT2D eigenvalue weighted by atomic mass is 16.5. The molecule has 2 N–H and O–H groups in total. The Labute approximate surface area is 103 Å². The molecule has 0 saturated carbocycles. The molecule has 0 bridgehead atoms. The van der Waals surface area contributed by atoms with Gasteiger partial charge in [-0.2, -0.15) is 0 Å². The molecule has 0 aromatic heterocycles. The van der Waals surface area contributed by atoms with Crippen molar-refractivity contribution in [3.63, 3.8) is 0 Å². The molecule has 0 radical (unpaired) electrons. The monoisotopic (exact) mass is 241 g/mol. The second-order valence-corrected chi connectivity index (χ2v) is 5.05. The predicted octanol–water partition coefficient (Wildman–Crippen LogP) is -0.343. The van der Waals surface area contributed by atoms with Crippen LogP contribution in [0.25, 0.3) is 0 Å². The molecule has 0 unspecified atom stereocenters. The first-order chi connectivity index (χ1) is 8.16. The zero-order chi connectivity index (χ0) is 12.3. The molecular weight excluding hydrogens is 218 g/mol. The summed E-state index contributed by atoms with van der Waals surface area (Å²) in [6, 6.07) is -0.375. The SMILES string of the molecule is C[C@H](N)C(=O)N1CCN(C[C@@H]2CCCO2)CC1. The number of hydrogen-bond acceptors (Lipinski definition) is 4. The Morgan fingerprint density at radius 1 is 1.41 bits per heavy atom.